The summed E-state index contributed by atoms with van der Waals surface area (Å²) in [6.45, 7) is 5.36. The second-order valence-electron chi connectivity index (χ2n) is 8.19. The fourth-order valence-corrected chi connectivity index (χ4v) is 5.71. The van der Waals surface area contributed by atoms with Crippen molar-refractivity contribution in [2.24, 2.45) is 0 Å². The van der Waals surface area contributed by atoms with Gasteiger partial charge in [0.2, 0.25) is 0 Å². The molecule has 2 aliphatic rings. The molecule has 1 aliphatic carbocycles. The highest BCUT2D eigenvalue weighted by Gasteiger charge is 2.22. The molecule has 1 N–H and O–H groups in total. The van der Waals surface area contributed by atoms with Crippen LogP contribution in [-0.4, -0.2) is 61.4 Å². The zero-order chi connectivity index (χ0) is 21.8. The van der Waals surface area contributed by atoms with E-state index in [1.165, 1.54) is 28.7 Å². The Bertz CT molecular complexity index is 1060. The number of aromatic nitrogens is 2. The third-order valence-corrected chi connectivity index (χ3v) is 7.24. The number of nitrogens with one attached hydrogen (secondary N) is 1. The lowest BCUT2D eigenvalue weighted by Crippen LogP contribution is -2.36. The maximum atomic E-state index is 5.96. The highest BCUT2D eigenvalue weighted by molar-refractivity contribution is 7.19. The van der Waals surface area contributed by atoms with Crippen molar-refractivity contribution in [2.45, 2.75) is 32.2 Å². The van der Waals surface area contributed by atoms with Crippen LogP contribution in [0.25, 0.3) is 10.2 Å². The molecule has 2 aromatic heterocycles. The van der Waals surface area contributed by atoms with Crippen LogP contribution in [-0.2, 0) is 24.1 Å². The van der Waals surface area contributed by atoms with E-state index in [9.17, 15) is 0 Å². The predicted octanol–water partition coefficient (Wildman–Crippen LogP) is 3.90. The van der Waals surface area contributed by atoms with E-state index in [0.717, 1.165) is 73.7 Å². The third kappa shape index (κ3) is 4.67. The van der Waals surface area contributed by atoms with Crippen LogP contribution in [0.3, 0.4) is 0 Å². The second-order valence-corrected chi connectivity index (χ2v) is 9.28. The monoisotopic (exact) mass is 454 g/mol. The van der Waals surface area contributed by atoms with Crippen LogP contribution in [0.15, 0.2) is 24.3 Å². The highest BCUT2D eigenvalue weighted by Crippen LogP contribution is 2.38. The molecule has 1 aromatic carbocycles. The van der Waals surface area contributed by atoms with Gasteiger partial charge in [0.1, 0.15) is 23.1 Å². The Morgan fingerprint density at radius 1 is 1.09 bits per heavy atom. The Balaban J connectivity index is 1.35. The SMILES string of the molecule is COc1ccccc1OCCNc1nc(CN2CCOCC2)nc2sc3c(c12)CCCC3. The average molecular weight is 455 g/mol. The summed E-state index contributed by atoms with van der Waals surface area (Å²) in [7, 11) is 1.66. The first kappa shape index (κ1) is 21.4. The second kappa shape index (κ2) is 10.0. The number of ether oxygens (including phenoxy) is 3. The maximum absolute atomic E-state index is 5.96. The Morgan fingerprint density at radius 3 is 2.75 bits per heavy atom. The van der Waals surface area contributed by atoms with Crippen LogP contribution in [0.1, 0.15) is 29.1 Å². The van der Waals surface area contributed by atoms with Crippen molar-refractivity contribution >= 4 is 27.4 Å². The van der Waals surface area contributed by atoms with Crippen LogP contribution in [0.2, 0.25) is 0 Å². The van der Waals surface area contributed by atoms with Crippen molar-refractivity contribution in [3.63, 3.8) is 0 Å². The normalized spacial score (nSPS) is 16.7. The third-order valence-electron chi connectivity index (χ3n) is 6.05. The molecule has 170 valence electrons. The van der Waals surface area contributed by atoms with E-state index in [0.29, 0.717) is 13.2 Å². The predicted molar refractivity (Wildman–Crippen MR) is 127 cm³/mol. The fourth-order valence-electron chi connectivity index (χ4n) is 4.43. The molecule has 7 nitrogen and oxygen atoms in total. The number of hydrogen-bond donors (Lipinski definition) is 1. The van der Waals surface area contributed by atoms with Gasteiger partial charge in [-0.1, -0.05) is 12.1 Å². The Hall–Kier alpha value is -2.42. The topological polar surface area (TPSA) is 68.7 Å². The van der Waals surface area contributed by atoms with Crippen LogP contribution < -0.4 is 14.8 Å². The standard InChI is InChI=1S/C24H30N4O3S/c1-29-18-7-3-4-8-19(18)31-13-10-25-23-22-17-6-2-5-9-20(17)32-24(22)27-21(26-23)16-28-11-14-30-15-12-28/h3-4,7-8H,2,5-6,9-16H2,1H3,(H,25,26,27). The zero-order valence-electron chi connectivity index (χ0n) is 18.6. The highest BCUT2D eigenvalue weighted by atomic mass is 32.1. The molecule has 3 aromatic rings. The van der Waals surface area contributed by atoms with Gasteiger partial charge < -0.3 is 19.5 Å². The van der Waals surface area contributed by atoms with Crippen LogP contribution in [0.4, 0.5) is 5.82 Å². The van der Waals surface area contributed by atoms with Crippen molar-refractivity contribution < 1.29 is 14.2 Å². The van der Waals surface area contributed by atoms with E-state index >= 15 is 0 Å². The van der Waals surface area contributed by atoms with Gasteiger partial charge in [-0.15, -0.1) is 11.3 Å². The first-order valence-corrected chi connectivity index (χ1v) is 12.2. The van der Waals surface area contributed by atoms with Gasteiger partial charge in [-0.05, 0) is 43.4 Å². The molecular formula is C24H30N4O3S. The fraction of sp³-hybridized carbons (Fsp3) is 0.500. The van der Waals surface area contributed by atoms with E-state index in [4.69, 9.17) is 24.2 Å². The number of para-hydroxylation sites is 2. The van der Waals surface area contributed by atoms with E-state index < -0.39 is 0 Å². The molecule has 0 saturated carbocycles. The molecule has 1 aliphatic heterocycles. The van der Waals surface area contributed by atoms with Crippen LogP contribution >= 0.6 is 11.3 Å². The molecule has 0 bridgehead atoms. The van der Waals surface area contributed by atoms with Gasteiger partial charge in [0.05, 0.1) is 38.8 Å². The average Bonchev–Trinajstić information content (AvgIpc) is 3.21. The Kier molecular flexibility index (Phi) is 6.71. The Labute approximate surface area is 192 Å². The molecule has 5 rings (SSSR count). The number of methoxy groups -OCH3 is 1. The van der Waals surface area contributed by atoms with Gasteiger partial charge in [-0.25, -0.2) is 9.97 Å². The first-order valence-electron chi connectivity index (χ1n) is 11.4. The van der Waals surface area contributed by atoms with Crippen molar-refractivity contribution in [1.29, 1.82) is 0 Å². The molecule has 32 heavy (non-hydrogen) atoms. The summed E-state index contributed by atoms with van der Waals surface area (Å²) in [5.74, 6) is 3.33. The summed E-state index contributed by atoms with van der Waals surface area (Å²) in [5, 5.41) is 4.77. The van der Waals surface area contributed by atoms with E-state index in [2.05, 4.69) is 10.2 Å². The number of anilines is 1. The van der Waals surface area contributed by atoms with Gasteiger partial charge in [0.15, 0.2) is 11.5 Å². The van der Waals surface area contributed by atoms with Crippen LogP contribution in [0, 0.1) is 0 Å². The molecule has 1 fully saturated rings. The number of nitrogens with zero attached hydrogens (tertiary/aromatic N) is 3. The minimum atomic E-state index is 0.525. The molecule has 0 amide bonds. The number of fused-ring (bicyclic) bond motifs is 3. The molecule has 0 spiro atoms. The maximum Gasteiger partial charge on any atom is 0.161 e. The van der Waals surface area contributed by atoms with Crippen molar-refractivity contribution in [2.75, 3.05) is 51.9 Å². The van der Waals surface area contributed by atoms with Gasteiger partial charge >= 0.3 is 0 Å². The quantitative estimate of drug-likeness (QED) is 0.518. The molecule has 3 heterocycles. The number of aryl methyl sites for hydroxylation is 2. The Morgan fingerprint density at radius 2 is 1.91 bits per heavy atom. The van der Waals surface area contributed by atoms with Gasteiger partial charge in [-0.2, -0.15) is 0 Å². The van der Waals surface area contributed by atoms with Crippen molar-refractivity contribution in [3.8, 4) is 11.5 Å². The number of morpholine rings is 1. The smallest absolute Gasteiger partial charge is 0.161 e. The first-order chi connectivity index (χ1) is 15.8. The summed E-state index contributed by atoms with van der Waals surface area (Å²) in [6, 6.07) is 7.73. The summed E-state index contributed by atoms with van der Waals surface area (Å²) in [6.07, 6.45) is 4.79. The van der Waals surface area contributed by atoms with E-state index in [1.54, 1.807) is 7.11 Å². The van der Waals surface area contributed by atoms with E-state index in [1.807, 2.05) is 35.6 Å². The van der Waals surface area contributed by atoms with Crippen LogP contribution in [0.5, 0.6) is 11.5 Å². The van der Waals surface area contributed by atoms with Gasteiger partial charge in [-0.3, -0.25) is 4.90 Å². The van der Waals surface area contributed by atoms with Gasteiger partial charge in [0, 0.05) is 18.0 Å². The largest absolute Gasteiger partial charge is 0.493 e. The lowest BCUT2D eigenvalue weighted by atomic mass is 9.97. The van der Waals surface area contributed by atoms with Crippen molar-refractivity contribution in [1.82, 2.24) is 14.9 Å². The minimum absolute atomic E-state index is 0.525. The summed E-state index contributed by atoms with van der Waals surface area (Å²) in [5.41, 5.74) is 1.45. The molecule has 1 saturated heterocycles. The van der Waals surface area contributed by atoms with Gasteiger partial charge in [0.25, 0.3) is 0 Å². The zero-order valence-corrected chi connectivity index (χ0v) is 19.4. The number of thiophene rings is 1. The number of benzene rings is 1. The molecule has 0 unspecified atom stereocenters. The molecule has 8 heteroatoms. The summed E-state index contributed by atoms with van der Waals surface area (Å²) in [4.78, 5) is 14.9. The number of hydrogen-bond acceptors (Lipinski definition) is 8. The summed E-state index contributed by atoms with van der Waals surface area (Å²) >= 11 is 1.85. The van der Waals surface area contributed by atoms with Crippen molar-refractivity contribution in [3.05, 3.63) is 40.5 Å². The van der Waals surface area contributed by atoms with E-state index in [-0.39, 0.29) is 0 Å². The minimum Gasteiger partial charge on any atom is -0.493 e. The molecule has 0 radical (unpaired) electrons. The molecular weight excluding hydrogens is 424 g/mol. The lowest BCUT2D eigenvalue weighted by molar-refractivity contribution is 0.0331. The number of rotatable bonds is 8. The summed E-state index contributed by atoms with van der Waals surface area (Å²) < 4.78 is 16.8. The lowest BCUT2D eigenvalue weighted by Gasteiger charge is -2.25. The molecule has 0 atom stereocenters.